The molecule has 1 aromatic rings. The molecule has 2 rings (SSSR count). The summed E-state index contributed by atoms with van der Waals surface area (Å²) in [5, 5.41) is 3.91. The number of amides is 2. The molecule has 7 heteroatoms. The highest BCUT2D eigenvalue weighted by molar-refractivity contribution is 5.89. The van der Waals surface area contributed by atoms with Crippen molar-refractivity contribution in [1.29, 1.82) is 0 Å². The first-order valence-electron chi connectivity index (χ1n) is 4.96. The standard InChI is InChI=1S/C9H13N5O2/c1-7(14-5-10-4-11-14)9(16)13-3-8(15)12(2)6-13/h4-5,7H,3,6H2,1-2H3. The van der Waals surface area contributed by atoms with Gasteiger partial charge in [0.15, 0.2) is 0 Å². The van der Waals surface area contributed by atoms with Gasteiger partial charge < -0.3 is 9.80 Å². The van der Waals surface area contributed by atoms with Crippen LogP contribution in [0.2, 0.25) is 0 Å². The van der Waals surface area contributed by atoms with E-state index in [1.807, 2.05) is 0 Å². The van der Waals surface area contributed by atoms with Crippen molar-refractivity contribution in [2.45, 2.75) is 13.0 Å². The quantitative estimate of drug-likeness (QED) is 0.651. The Kier molecular flexibility index (Phi) is 2.59. The van der Waals surface area contributed by atoms with Crippen molar-refractivity contribution in [1.82, 2.24) is 24.6 Å². The maximum Gasteiger partial charge on any atom is 0.249 e. The molecule has 1 unspecified atom stereocenters. The zero-order valence-electron chi connectivity index (χ0n) is 9.20. The third-order valence-electron chi connectivity index (χ3n) is 2.64. The lowest BCUT2D eigenvalue weighted by atomic mass is 10.3. The van der Waals surface area contributed by atoms with Gasteiger partial charge in [0.2, 0.25) is 11.8 Å². The number of carbonyl (C=O) groups excluding carboxylic acids is 2. The van der Waals surface area contributed by atoms with E-state index in [2.05, 4.69) is 10.1 Å². The van der Waals surface area contributed by atoms with E-state index in [4.69, 9.17) is 0 Å². The molecular weight excluding hydrogens is 210 g/mol. The minimum Gasteiger partial charge on any atom is -0.326 e. The first-order valence-corrected chi connectivity index (χ1v) is 4.96. The molecular formula is C9H13N5O2. The highest BCUT2D eigenvalue weighted by Crippen LogP contribution is 2.12. The fraction of sp³-hybridized carbons (Fsp3) is 0.556. The molecule has 7 nitrogen and oxygen atoms in total. The maximum atomic E-state index is 12.0. The molecule has 0 bridgehead atoms. The van der Waals surface area contributed by atoms with Gasteiger partial charge in [0.1, 0.15) is 25.2 Å². The largest absolute Gasteiger partial charge is 0.326 e. The predicted octanol–water partition coefficient (Wildman–Crippen LogP) is -0.903. The maximum absolute atomic E-state index is 12.0. The van der Waals surface area contributed by atoms with Crippen LogP contribution in [-0.4, -0.2) is 56.6 Å². The van der Waals surface area contributed by atoms with Gasteiger partial charge in [0.25, 0.3) is 0 Å². The molecule has 1 fully saturated rings. The summed E-state index contributed by atoms with van der Waals surface area (Å²) < 4.78 is 1.48. The van der Waals surface area contributed by atoms with Crippen molar-refractivity contribution in [3.05, 3.63) is 12.7 Å². The Morgan fingerprint density at radius 2 is 2.31 bits per heavy atom. The summed E-state index contributed by atoms with van der Waals surface area (Å²) in [5.74, 6) is -0.164. The van der Waals surface area contributed by atoms with E-state index in [0.29, 0.717) is 6.67 Å². The summed E-state index contributed by atoms with van der Waals surface area (Å²) in [6.45, 7) is 2.23. The van der Waals surface area contributed by atoms with Gasteiger partial charge in [-0.15, -0.1) is 0 Å². The Morgan fingerprint density at radius 1 is 1.56 bits per heavy atom. The SMILES string of the molecule is CC(C(=O)N1CC(=O)N(C)C1)n1cncn1. The average molecular weight is 223 g/mol. The van der Waals surface area contributed by atoms with Crippen LogP contribution < -0.4 is 0 Å². The summed E-state index contributed by atoms with van der Waals surface area (Å²) in [6, 6.07) is -0.429. The van der Waals surface area contributed by atoms with Gasteiger partial charge in [0.05, 0.1) is 6.67 Å². The first kappa shape index (κ1) is 10.6. The molecule has 0 aliphatic carbocycles. The first-order chi connectivity index (χ1) is 7.59. The number of nitrogens with zero attached hydrogens (tertiary/aromatic N) is 5. The van der Waals surface area contributed by atoms with E-state index >= 15 is 0 Å². The number of likely N-dealkylation sites (N-methyl/N-ethyl adjacent to an activating group) is 1. The van der Waals surface area contributed by atoms with Gasteiger partial charge >= 0.3 is 0 Å². The Labute approximate surface area is 92.6 Å². The van der Waals surface area contributed by atoms with Gasteiger partial charge in [-0.25, -0.2) is 9.67 Å². The van der Waals surface area contributed by atoms with Crippen LogP contribution in [0, 0.1) is 0 Å². The number of rotatable bonds is 2. The Morgan fingerprint density at radius 3 is 2.81 bits per heavy atom. The molecule has 1 aromatic heterocycles. The predicted molar refractivity (Wildman–Crippen MR) is 54.1 cm³/mol. The second kappa shape index (κ2) is 3.92. The van der Waals surface area contributed by atoms with E-state index in [1.54, 1.807) is 14.0 Å². The second-order valence-corrected chi connectivity index (χ2v) is 3.82. The molecule has 0 N–H and O–H groups in total. The van der Waals surface area contributed by atoms with Crippen LogP contribution in [0.5, 0.6) is 0 Å². The molecule has 2 heterocycles. The van der Waals surface area contributed by atoms with Crippen molar-refractivity contribution in [2.24, 2.45) is 0 Å². The van der Waals surface area contributed by atoms with E-state index in [-0.39, 0.29) is 18.4 Å². The van der Waals surface area contributed by atoms with Crippen molar-refractivity contribution in [2.75, 3.05) is 20.3 Å². The Balaban J connectivity index is 2.06. The molecule has 1 aliphatic heterocycles. The fourth-order valence-electron chi connectivity index (χ4n) is 1.61. The number of aromatic nitrogens is 3. The molecule has 16 heavy (non-hydrogen) atoms. The van der Waals surface area contributed by atoms with Crippen LogP contribution in [0.1, 0.15) is 13.0 Å². The Hall–Kier alpha value is -1.92. The molecule has 1 aliphatic rings. The molecule has 0 saturated carbocycles. The zero-order chi connectivity index (χ0) is 11.7. The smallest absolute Gasteiger partial charge is 0.249 e. The van der Waals surface area contributed by atoms with Crippen LogP contribution in [0.3, 0.4) is 0 Å². The molecule has 0 spiro atoms. The van der Waals surface area contributed by atoms with Crippen LogP contribution in [-0.2, 0) is 9.59 Å². The van der Waals surface area contributed by atoms with Crippen molar-refractivity contribution in [3.63, 3.8) is 0 Å². The summed E-state index contributed by atoms with van der Waals surface area (Å²) in [4.78, 5) is 30.1. The van der Waals surface area contributed by atoms with Gasteiger partial charge in [0, 0.05) is 7.05 Å². The van der Waals surface area contributed by atoms with Crippen molar-refractivity contribution < 1.29 is 9.59 Å². The Bertz CT molecular complexity index is 402. The van der Waals surface area contributed by atoms with Gasteiger partial charge in [-0.1, -0.05) is 0 Å². The highest BCUT2D eigenvalue weighted by atomic mass is 16.2. The summed E-state index contributed by atoms with van der Waals surface area (Å²) in [5.41, 5.74) is 0. The molecule has 1 atom stereocenters. The number of hydrogen-bond acceptors (Lipinski definition) is 4. The van der Waals surface area contributed by atoms with Crippen LogP contribution in [0.15, 0.2) is 12.7 Å². The normalized spacial score (nSPS) is 18.0. The number of hydrogen-bond donors (Lipinski definition) is 0. The molecule has 0 aromatic carbocycles. The van der Waals surface area contributed by atoms with E-state index < -0.39 is 6.04 Å². The topological polar surface area (TPSA) is 71.3 Å². The van der Waals surface area contributed by atoms with Gasteiger partial charge in [-0.2, -0.15) is 5.10 Å². The zero-order valence-corrected chi connectivity index (χ0v) is 9.20. The minimum atomic E-state index is -0.429. The van der Waals surface area contributed by atoms with Gasteiger partial charge in [-0.05, 0) is 6.92 Å². The molecule has 2 amide bonds. The lowest BCUT2D eigenvalue weighted by Gasteiger charge is -2.19. The van der Waals surface area contributed by atoms with Crippen molar-refractivity contribution in [3.8, 4) is 0 Å². The molecule has 86 valence electrons. The lowest BCUT2D eigenvalue weighted by Crippen LogP contribution is -2.35. The van der Waals surface area contributed by atoms with Gasteiger partial charge in [-0.3, -0.25) is 9.59 Å². The lowest BCUT2D eigenvalue weighted by molar-refractivity contribution is -0.134. The summed E-state index contributed by atoms with van der Waals surface area (Å²) in [6.07, 6.45) is 2.87. The average Bonchev–Trinajstić information content (AvgIpc) is 2.87. The third-order valence-corrected chi connectivity index (χ3v) is 2.64. The number of carbonyl (C=O) groups is 2. The molecule has 0 radical (unpaired) electrons. The molecule has 1 saturated heterocycles. The van der Waals surface area contributed by atoms with Crippen LogP contribution >= 0.6 is 0 Å². The van der Waals surface area contributed by atoms with Crippen LogP contribution in [0.25, 0.3) is 0 Å². The third kappa shape index (κ3) is 1.75. The van der Waals surface area contributed by atoms with E-state index in [0.717, 1.165) is 0 Å². The minimum absolute atomic E-state index is 0.0425. The fourth-order valence-corrected chi connectivity index (χ4v) is 1.61. The van der Waals surface area contributed by atoms with E-state index in [1.165, 1.54) is 27.1 Å². The summed E-state index contributed by atoms with van der Waals surface area (Å²) in [7, 11) is 1.68. The highest BCUT2D eigenvalue weighted by Gasteiger charge is 2.31. The van der Waals surface area contributed by atoms with Crippen molar-refractivity contribution >= 4 is 11.8 Å². The monoisotopic (exact) mass is 223 g/mol. The second-order valence-electron chi connectivity index (χ2n) is 3.82. The van der Waals surface area contributed by atoms with E-state index in [9.17, 15) is 9.59 Å². The summed E-state index contributed by atoms with van der Waals surface area (Å²) >= 11 is 0. The van der Waals surface area contributed by atoms with Crippen LogP contribution in [0.4, 0.5) is 0 Å².